The molecule has 0 saturated heterocycles. The Morgan fingerprint density at radius 2 is 1.82 bits per heavy atom. The fourth-order valence-electron chi connectivity index (χ4n) is 3.90. The molecule has 0 saturated carbocycles. The van der Waals surface area contributed by atoms with Crippen molar-refractivity contribution in [3.05, 3.63) is 58.7 Å². The third-order valence-electron chi connectivity index (χ3n) is 5.59. The number of amides is 1. The lowest BCUT2D eigenvalue weighted by Gasteiger charge is -2.32. The Morgan fingerprint density at radius 1 is 1.12 bits per heavy atom. The van der Waals surface area contributed by atoms with Crippen molar-refractivity contribution < 1.29 is 14.3 Å². The number of nitrogens with zero attached hydrogens (tertiary/aromatic N) is 3. The number of benzene rings is 2. The van der Waals surface area contributed by atoms with E-state index in [2.05, 4.69) is 29.3 Å². The minimum atomic E-state index is 0. The van der Waals surface area contributed by atoms with Gasteiger partial charge in [0.05, 0.1) is 14.2 Å². The van der Waals surface area contributed by atoms with Gasteiger partial charge in [0.1, 0.15) is 0 Å². The maximum atomic E-state index is 12.2. The van der Waals surface area contributed by atoms with Crippen molar-refractivity contribution in [3.63, 3.8) is 0 Å². The van der Waals surface area contributed by atoms with E-state index < -0.39 is 0 Å². The summed E-state index contributed by atoms with van der Waals surface area (Å²) in [5.41, 5.74) is 4.34. The number of carbonyl (C=O) groups excluding carboxylic acids is 1. The summed E-state index contributed by atoms with van der Waals surface area (Å²) in [5.74, 6) is 2.45. The van der Waals surface area contributed by atoms with E-state index in [-0.39, 0.29) is 29.9 Å². The second kappa shape index (κ2) is 12.7. The normalized spacial score (nSPS) is 13.0. The molecule has 0 fully saturated rings. The van der Waals surface area contributed by atoms with Gasteiger partial charge in [-0.3, -0.25) is 9.79 Å². The van der Waals surface area contributed by atoms with Crippen LogP contribution in [0.3, 0.4) is 0 Å². The van der Waals surface area contributed by atoms with Gasteiger partial charge >= 0.3 is 0 Å². The lowest BCUT2D eigenvalue weighted by molar-refractivity contribution is 0.0827. The predicted octanol–water partition coefficient (Wildman–Crippen LogP) is 3.59. The van der Waals surface area contributed by atoms with Crippen molar-refractivity contribution in [3.8, 4) is 11.5 Å². The number of rotatable bonds is 7. The lowest BCUT2D eigenvalue weighted by atomic mass is 9.99. The van der Waals surface area contributed by atoms with Crippen LogP contribution in [-0.4, -0.2) is 69.6 Å². The molecule has 3 rings (SSSR count). The zero-order valence-corrected chi connectivity index (χ0v) is 22.5. The van der Waals surface area contributed by atoms with Crippen LogP contribution in [0.15, 0.2) is 41.4 Å². The Balaban J connectivity index is 0.00000385. The molecule has 0 aliphatic carbocycles. The van der Waals surface area contributed by atoms with E-state index in [1.807, 2.05) is 24.3 Å². The van der Waals surface area contributed by atoms with E-state index in [1.165, 1.54) is 11.1 Å². The van der Waals surface area contributed by atoms with Gasteiger partial charge in [-0.25, -0.2) is 0 Å². The second-order valence-corrected chi connectivity index (χ2v) is 8.03. The number of guanidine groups is 1. The van der Waals surface area contributed by atoms with Gasteiger partial charge in [-0.2, -0.15) is 0 Å². The Kier molecular flexibility index (Phi) is 10.3. The number of nitrogens with one attached hydrogen (secondary N) is 1. The molecule has 1 aliphatic rings. The standard InChI is InChI=1S/C25H34N4O3.HI/c1-6-26-25(27-12-10-18-8-7-9-20(14-18)24(30)28(2)3)29-13-11-19-15-22(31-4)23(32-5)16-21(19)17-29;/h7-9,14-16H,6,10-13,17H2,1-5H3,(H,26,27);1H. The van der Waals surface area contributed by atoms with Crippen molar-refractivity contribution in [2.75, 3.05) is 47.9 Å². The first kappa shape index (κ1) is 26.8. The summed E-state index contributed by atoms with van der Waals surface area (Å²) in [4.78, 5) is 21.0. The first-order valence-corrected chi connectivity index (χ1v) is 11.0. The van der Waals surface area contributed by atoms with Gasteiger partial charge in [0.15, 0.2) is 17.5 Å². The predicted molar refractivity (Wildman–Crippen MR) is 143 cm³/mol. The summed E-state index contributed by atoms with van der Waals surface area (Å²) >= 11 is 0. The van der Waals surface area contributed by atoms with Crippen molar-refractivity contribution >= 4 is 35.8 Å². The number of hydrogen-bond donors (Lipinski definition) is 1. The smallest absolute Gasteiger partial charge is 0.253 e. The molecule has 0 atom stereocenters. The van der Waals surface area contributed by atoms with Crippen LogP contribution in [0, 0.1) is 0 Å². The molecule has 0 unspecified atom stereocenters. The molecular weight excluding hydrogens is 531 g/mol. The van der Waals surface area contributed by atoms with E-state index in [9.17, 15) is 4.79 Å². The van der Waals surface area contributed by atoms with Crippen molar-refractivity contribution in [1.82, 2.24) is 15.1 Å². The van der Waals surface area contributed by atoms with Gasteiger partial charge in [-0.1, -0.05) is 12.1 Å². The molecule has 7 nitrogen and oxygen atoms in total. The van der Waals surface area contributed by atoms with Gasteiger partial charge in [0.25, 0.3) is 5.91 Å². The highest BCUT2D eigenvalue weighted by Gasteiger charge is 2.21. The summed E-state index contributed by atoms with van der Waals surface area (Å²) in [7, 11) is 6.87. The molecule has 180 valence electrons. The molecule has 2 aromatic rings. The summed E-state index contributed by atoms with van der Waals surface area (Å²) in [6, 6.07) is 11.9. The highest BCUT2D eigenvalue weighted by atomic mass is 127. The number of carbonyl (C=O) groups is 1. The Bertz CT molecular complexity index is 978. The van der Waals surface area contributed by atoms with Crippen LogP contribution >= 0.6 is 24.0 Å². The number of methoxy groups -OCH3 is 2. The molecule has 0 bridgehead atoms. The average Bonchev–Trinajstić information content (AvgIpc) is 2.81. The van der Waals surface area contributed by atoms with Crippen molar-refractivity contribution in [1.29, 1.82) is 0 Å². The molecule has 0 spiro atoms. The maximum absolute atomic E-state index is 12.2. The number of aliphatic imine (C=N–C) groups is 1. The Hall–Kier alpha value is -2.49. The molecular formula is C25H35IN4O3. The zero-order valence-electron chi connectivity index (χ0n) is 20.2. The lowest BCUT2D eigenvalue weighted by Crippen LogP contribution is -2.44. The number of fused-ring (bicyclic) bond motifs is 1. The zero-order chi connectivity index (χ0) is 23.1. The molecule has 2 aromatic carbocycles. The van der Waals surface area contributed by atoms with Crippen LogP contribution in [0.4, 0.5) is 0 Å². The number of ether oxygens (including phenoxy) is 2. The van der Waals surface area contributed by atoms with Crippen LogP contribution in [0.2, 0.25) is 0 Å². The molecule has 0 radical (unpaired) electrons. The quantitative estimate of drug-likeness (QED) is 0.316. The molecule has 1 heterocycles. The molecule has 33 heavy (non-hydrogen) atoms. The highest BCUT2D eigenvalue weighted by Crippen LogP contribution is 2.33. The first-order valence-electron chi connectivity index (χ1n) is 11.0. The van der Waals surface area contributed by atoms with Crippen LogP contribution in [0.1, 0.15) is 34.0 Å². The van der Waals surface area contributed by atoms with Crippen molar-refractivity contribution in [2.45, 2.75) is 26.3 Å². The van der Waals surface area contributed by atoms with Gasteiger partial charge in [-0.15, -0.1) is 24.0 Å². The average molecular weight is 566 g/mol. The largest absolute Gasteiger partial charge is 0.493 e. The second-order valence-electron chi connectivity index (χ2n) is 8.03. The molecule has 1 N–H and O–H groups in total. The van der Waals surface area contributed by atoms with Gasteiger partial charge in [0.2, 0.25) is 0 Å². The van der Waals surface area contributed by atoms with Gasteiger partial charge in [-0.05, 0) is 60.7 Å². The fraction of sp³-hybridized carbons (Fsp3) is 0.440. The SMILES string of the molecule is CCNC(=NCCc1cccc(C(=O)N(C)C)c1)N1CCc2cc(OC)c(OC)cc2C1.I. The Morgan fingerprint density at radius 3 is 2.45 bits per heavy atom. The molecule has 8 heteroatoms. The first-order chi connectivity index (χ1) is 15.5. The third kappa shape index (κ3) is 6.75. The maximum Gasteiger partial charge on any atom is 0.253 e. The van der Waals surface area contributed by atoms with E-state index in [1.54, 1.807) is 33.2 Å². The van der Waals surface area contributed by atoms with Crippen LogP contribution in [0.25, 0.3) is 0 Å². The fourth-order valence-corrected chi connectivity index (χ4v) is 3.90. The van der Waals surface area contributed by atoms with Crippen LogP contribution < -0.4 is 14.8 Å². The summed E-state index contributed by atoms with van der Waals surface area (Å²) in [6.07, 6.45) is 1.70. The van der Waals surface area contributed by atoms with E-state index >= 15 is 0 Å². The molecule has 0 aromatic heterocycles. The van der Waals surface area contributed by atoms with E-state index in [4.69, 9.17) is 14.5 Å². The number of halogens is 1. The van der Waals surface area contributed by atoms with Crippen LogP contribution in [0.5, 0.6) is 11.5 Å². The number of hydrogen-bond acceptors (Lipinski definition) is 4. The highest BCUT2D eigenvalue weighted by molar-refractivity contribution is 14.0. The molecule has 1 aliphatic heterocycles. The minimum Gasteiger partial charge on any atom is -0.493 e. The molecule has 1 amide bonds. The van der Waals surface area contributed by atoms with Gasteiger partial charge < -0.3 is 24.6 Å². The van der Waals surface area contributed by atoms with Gasteiger partial charge in [0, 0.05) is 45.8 Å². The monoisotopic (exact) mass is 566 g/mol. The third-order valence-corrected chi connectivity index (χ3v) is 5.59. The van der Waals surface area contributed by atoms with Crippen LogP contribution in [-0.2, 0) is 19.4 Å². The van der Waals surface area contributed by atoms with E-state index in [0.29, 0.717) is 12.1 Å². The van der Waals surface area contributed by atoms with Crippen molar-refractivity contribution in [2.24, 2.45) is 4.99 Å². The summed E-state index contributed by atoms with van der Waals surface area (Å²) in [5, 5.41) is 3.42. The summed E-state index contributed by atoms with van der Waals surface area (Å²) in [6.45, 7) is 5.20. The minimum absolute atomic E-state index is 0. The summed E-state index contributed by atoms with van der Waals surface area (Å²) < 4.78 is 10.9. The Labute approximate surface area is 214 Å². The van der Waals surface area contributed by atoms with E-state index in [0.717, 1.165) is 55.5 Å². The topological polar surface area (TPSA) is 66.4 Å².